The number of aromatic nitrogens is 2. The Balaban J connectivity index is 1.65. The summed E-state index contributed by atoms with van der Waals surface area (Å²) in [4.78, 5) is 16.8. The van der Waals surface area contributed by atoms with Crippen LogP contribution in [0, 0.1) is 6.92 Å². The third-order valence-corrected chi connectivity index (χ3v) is 4.56. The molecule has 122 valence electrons. The van der Waals surface area contributed by atoms with Crippen LogP contribution in [0.4, 0.5) is 0 Å². The summed E-state index contributed by atoms with van der Waals surface area (Å²) in [6.07, 6.45) is 4.90. The molecule has 0 radical (unpaired) electrons. The summed E-state index contributed by atoms with van der Waals surface area (Å²) < 4.78 is 5.10. The number of rotatable bonds is 5. The fourth-order valence-electron chi connectivity index (χ4n) is 3.16. The maximum Gasteiger partial charge on any atom is 0.223 e. The maximum absolute atomic E-state index is 12.4. The van der Waals surface area contributed by atoms with Crippen LogP contribution in [0.2, 0.25) is 5.02 Å². The van der Waals surface area contributed by atoms with E-state index >= 15 is 0 Å². The van der Waals surface area contributed by atoms with Crippen LogP contribution >= 0.6 is 11.6 Å². The zero-order valence-corrected chi connectivity index (χ0v) is 13.9. The molecule has 1 amide bonds. The molecule has 3 rings (SSSR count). The van der Waals surface area contributed by atoms with E-state index in [0.29, 0.717) is 29.6 Å². The lowest BCUT2D eigenvalue weighted by Gasteiger charge is -2.26. The molecule has 0 saturated heterocycles. The van der Waals surface area contributed by atoms with Crippen LogP contribution in [-0.2, 0) is 16.8 Å². The zero-order chi connectivity index (χ0) is 16.3. The molecule has 1 saturated carbocycles. The summed E-state index contributed by atoms with van der Waals surface area (Å²) in [7, 11) is 0. The minimum Gasteiger partial charge on any atom is -0.343 e. The minimum atomic E-state index is -0.469. The number of aryl methyl sites for hydroxylation is 2. The van der Waals surface area contributed by atoms with Gasteiger partial charge in [-0.1, -0.05) is 41.7 Å². The highest BCUT2D eigenvalue weighted by atomic mass is 35.5. The predicted molar refractivity (Wildman–Crippen MR) is 87.1 cm³/mol. The number of amides is 1. The van der Waals surface area contributed by atoms with Crippen LogP contribution in [-0.4, -0.2) is 16.0 Å². The molecule has 0 unspecified atom stereocenters. The van der Waals surface area contributed by atoms with Crippen LogP contribution in [0.1, 0.15) is 49.4 Å². The van der Waals surface area contributed by atoms with E-state index in [1.165, 1.54) is 0 Å². The number of halogens is 1. The highest BCUT2D eigenvalue weighted by molar-refractivity contribution is 6.30. The van der Waals surface area contributed by atoms with Gasteiger partial charge in [0.05, 0.1) is 0 Å². The van der Waals surface area contributed by atoms with Crippen molar-refractivity contribution in [2.75, 3.05) is 0 Å². The molecule has 0 spiro atoms. The van der Waals surface area contributed by atoms with Crippen molar-refractivity contribution in [1.29, 1.82) is 0 Å². The first kappa shape index (κ1) is 16.0. The lowest BCUT2D eigenvalue weighted by molar-refractivity contribution is -0.123. The quantitative estimate of drug-likeness (QED) is 0.908. The van der Waals surface area contributed by atoms with Gasteiger partial charge in [-0.2, -0.15) is 4.98 Å². The van der Waals surface area contributed by atoms with E-state index in [2.05, 4.69) is 15.5 Å². The molecule has 1 aromatic carbocycles. The largest absolute Gasteiger partial charge is 0.343 e. The van der Waals surface area contributed by atoms with Gasteiger partial charge < -0.3 is 9.84 Å². The maximum atomic E-state index is 12.4. The van der Waals surface area contributed by atoms with Crippen molar-refractivity contribution in [3.05, 3.63) is 46.6 Å². The van der Waals surface area contributed by atoms with Crippen LogP contribution in [0.15, 0.2) is 28.8 Å². The smallest absolute Gasteiger partial charge is 0.223 e. The zero-order valence-electron chi connectivity index (χ0n) is 13.1. The molecule has 0 aliphatic heterocycles. The molecule has 1 aliphatic rings. The molecule has 5 nitrogen and oxygen atoms in total. The summed E-state index contributed by atoms with van der Waals surface area (Å²) in [5.74, 6) is 1.14. The fraction of sp³-hybridized carbons (Fsp3) is 0.471. The Kier molecular flexibility index (Phi) is 4.66. The van der Waals surface area contributed by atoms with E-state index in [1.54, 1.807) is 6.92 Å². The van der Waals surface area contributed by atoms with Crippen LogP contribution in [0.3, 0.4) is 0 Å². The average molecular weight is 334 g/mol. The van der Waals surface area contributed by atoms with Crippen molar-refractivity contribution >= 4 is 17.5 Å². The number of nitrogens with zero attached hydrogens (tertiary/aromatic N) is 2. The molecule has 0 atom stereocenters. The van der Waals surface area contributed by atoms with Gasteiger partial charge in [-0.25, -0.2) is 0 Å². The summed E-state index contributed by atoms with van der Waals surface area (Å²) >= 11 is 5.97. The third kappa shape index (κ3) is 3.72. The van der Waals surface area contributed by atoms with Crippen molar-refractivity contribution in [1.82, 2.24) is 15.5 Å². The first-order valence-electron chi connectivity index (χ1n) is 7.94. The molecule has 6 heteroatoms. The normalized spacial score (nSPS) is 16.4. The number of carbonyl (C=O) groups is 1. The lowest BCUT2D eigenvalue weighted by Crippen LogP contribution is -2.44. The second-order valence-electron chi connectivity index (χ2n) is 6.10. The van der Waals surface area contributed by atoms with E-state index in [-0.39, 0.29) is 5.91 Å². The Labute approximate surface area is 140 Å². The fourth-order valence-corrected chi connectivity index (χ4v) is 3.37. The Morgan fingerprint density at radius 1 is 1.39 bits per heavy atom. The van der Waals surface area contributed by atoms with Crippen molar-refractivity contribution in [2.24, 2.45) is 0 Å². The molecule has 1 aliphatic carbocycles. The lowest BCUT2D eigenvalue weighted by atomic mass is 9.96. The van der Waals surface area contributed by atoms with Crippen LogP contribution < -0.4 is 5.32 Å². The molecular weight excluding hydrogens is 314 g/mol. The summed E-state index contributed by atoms with van der Waals surface area (Å²) in [5.41, 5.74) is 0.590. The van der Waals surface area contributed by atoms with E-state index in [0.717, 1.165) is 31.2 Å². The Morgan fingerprint density at radius 3 is 2.83 bits per heavy atom. The SMILES string of the molecule is Cc1nc(C2(NC(=O)CCc3cccc(Cl)c3)CCCC2)no1. The predicted octanol–water partition coefficient (Wildman–Crippen LogP) is 3.55. The third-order valence-electron chi connectivity index (χ3n) is 4.32. The topological polar surface area (TPSA) is 68.0 Å². The number of carbonyl (C=O) groups excluding carboxylic acids is 1. The van der Waals surface area contributed by atoms with Crippen molar-refractivity contribution in [3.63, 3.8) is 0 Å². The van der Waals surface area contributed by atoms with Gasteiger partial charge in [-0.3, -0.25) is 4.79 Å². The van der Waals surface area contributed by atoms with E-state index in [1.807, 2.05) is 24.3 Å². The van der Waals surface area contributed by atoms with Crippen molar-refractivity contribution < 1.29 is 9.32 Å². The highest BCUT2D eigenvalue weighted by Crippen LogP contribution is 2.37. The van der Waals surface area contributed by atoms with Crippen molar-refractivity contribution in [3.8, 4) is 0 Å². The number of benzene rings is 1. The monoisotopic (exact) mass is 333 g/mol. The molecular formula is C17H20ClN3O2. The van der Waals surface area contributed by atoms with Crippen LogP contribution in [0.25, 0.3) is 0 Å². The van der Waals surface area contributed by atoms with Crippen molar-refractivity contribution in [2.45, 2.75) is 51.0 Å². The van der Waals surface area contributed by atoms with E-state index in [4.69, 9.17) is 16.1 Å². The van der Waals surface area contributed by atoms with Crippen LogP contribution in [0.5, 0.6) is 0 Å². The molecule has 1 aromatic heterocycles. The standard InChI is InChI=1S/C17H20ClN3O2/c1-12-19-16(21-23-12)17(9-2-3-10-17)20-15(22)8-7-13-5-4-6-14(18)11-13/h4-6,11H,2-3,7-10H2,1H3,(H,20,22). The van der Waals surface area contributed by atoms with Gasteiger partial charge in [-0.15, -0.1) is 0 Å². The van der Waals surface area contributed by atoms with E-state index < -0.39 is 5.54 Å². The average Bonchev–Trinajstić information content (AvgIpc) is 3.15. The van der Waals surface area contributed by atoms with Gasteiger partial charge in [0, 0.05) is 18.4 Å². The molecule has 23 heavy (non-hydrogen) atoms. The Morgan fingerprint density at radius 2 is 2.17 bits per heavy atom. The Bertz CT molecular complexity index is 693. The highest BCUT2D eigenvalue weighted by Gasteiger charge is 2.41. The summed E-state index contributed by atoms with van der Waals surface area (Å²) in [5, 5.41) is 7.88. The Hall–Kier alpha value is -1.88. The molecule has 1 fully saturated rings. The number of hydrogen-bond donors (Lipinski definition) is 1. The van der Waals surface area contributed by atoms with E-state index in [9.17, 15) is 4.79 Å². The summed E-state index contributed by atoms with van der Waals surface area (Å²) in [6.45, 7) is 1.76. The first-order chi connectivity index (χ1) is 11.1. The molecule has 2 aromatic rings. The van der Waals surface area contributed by atoms with Gasteiger partial charge in [0.25, 0.3) is 0 Å². The molecule has 0 bridgehead atoms. The van der Waals surface area contributed by atoms with Gasteiger partial charge in [-0.05, 0) is 37.0 Å². The summed E-state index contributed by atoms with van der Waals surface area (Å²) in [6, 6.07) is 7.60. The first-order valence-corrected chi connectivity index (χ1v) is 8.31. The number of nitrogens with one attached hydrogen (secondary N) is 1. The van der Waals surface area contributed by atoms with Gasteiger partial charge in [0.2, 0.25) is 11.8 Å². The molecule has 1 N–H and O–H groups in total. The van der Waals surface area contributed by atoms with Gasteiger partial charge in [0.1, 0.15) is 5.54 Å². The van der Waals surface area contributed by atoms with Gasteiger partial charge in [0.15, 0.2) is 5.82 Å². The number of hydrogen-bond acceptors (Lipinski definition) is 4. The molecule has 1 heterocycles. The minimum absolute atomic E-state index is 0.00864. The second-order valence-corrected chi connectivity index (χ2v) is 6.54. The van der Waals surface area contributed by atoms with Gasteiger partial charge >= 0.3 is 0 Å². The second kappa shape index (κ2) is 6.71.